The van der Waals surface area contributed by atoms with E-state index in [0.29, 0.717) is 12.1 Å². The highest BCUT2D eigenvalue weighted by Crippen LogP contribution is 2.32. The molecule has 1 aromatic rings. The van der Waals surface area contributed by atoms with Crippen LogP contribution in [0, 0.1) is 0 Å². The van der Waals surface area contributed by atoms with E-state index < -0.39 is 0 Å². The van der Waals surface area contributed by atoms with Crippen LogP contribution in [0.25, 0.3) is 0 Å². The Kier molecular flexibility index (Phi) is 6.00. The predicted molar refractivity (Wildman–Crippen MR) is 91.3 cm³/mol. The summed E-state index contributed by atoms with van der Waals surface area (Å²) in [5.41, 5.74) is 0. The van der Waals surface area contributed by atoms with Gasteiger partial charge in [-0.3, -0.25) is 4.90 Å². The van der Waals surface area contributed by atoms with E-state index in [2.05, 4.69) is 43.9 Å². The molecule has 1 aliphatic heterocycles. The summed E-state index contributed by atoms with van der Waals surface area (Å²) in [5.74, 6) is 1.11. The van der Waals surface area contributed by atoms with Crippen LogP contribution >= 0.6 is 0 Å². The molecule has 2 fully saturated rings. The molecule has 6 heteroatoms. The summed E-state index contributed by atoms with van der Waals surface area (Å²) in [7, 11) is 0. The van der Waals surface area contributed by atoms with E-state index in [9.17, 15) is 0 Å². The summed E-state index contributed by atoms with van der Waals surface area (Å²) in [5, 5.41) is 12.9. The van der Waals surface area contributed by atoms with Gasteiger partial charge in [0.1, 0.15) is 0 Å². The first-order chi connectivity index (χ1) is 11.3. The lowest BCUT2D eigenvalue weighted by Gasteiger charge is -2.38. The molecule has 1 aromatic heterocycles. The highest BCUT2D eigenvalue weighted by Gasteiger charge is 2.30. The number of nitrogens with zero attached hydrogens (tertiary/aromatic N) is 6. The molecule has 1 saturated heterocycles. The molecule has 1 aliphatic carbocycles. The molecular weight excluding hydrogens is 288 g/mol. The molecular formula is C17H32N6. The van der Waals surface area contributed by atoms with Gasteiger partial charge in [0.25, 0.3) is 0 Å². The van der Waals surface area contributed by atoms with Crippen LogP contribution in [-0.4, -0.2) is 62.7 Å². The van der Waals surface area contributed by atoms with Crippen LogP contribution in [0.3, 0.4) is 0 Å². The summed E-state index contributed by atoms with van der Waals surface area (Å²) < 4.78 is 2.17. The number of piperazine rings is 1. The smallest absolute Gasteiger partial charge is 0.168 e. The van der Waals surface area contributed by atoms with Crippen LogP contribution in [0.4, 0.5) is 0 Å². The van der Waals surface area contributed by atoms with E-state index in [0.717, 1.165) is 31.9 Å². The van der Waals surface area contributed by atoms with Crippen LogP contribution in [0.2, 0.25) is 0 Å². The standard InChI is InChI=1S/C17H32N6/c1-3-8-16(22-13-11-21(4-2)12-14-22)17-18-19-20-23(17)15-9-6-5-7-10-15/h15-16H,3-14H2,1-2H3. The van der Waals surface area contributed by atoms with Gasteiger partial charge in [-0.25, -0.2) is 4.68 Å². The van der Waals surface area contributed by atoms with E-state index in [4.69, 9.17) is 0 Å². The zero-order chi connectivity index (χ0) is 16.1. The molecule has 23 heavy (non-hydrogen) atoms. The van der Waals surface area contributed by atoms with Crippen molar-refractivity contribution < 1.29 is 0 Å². The van der Waals surface area contributed by atoms with E-state index in [1.54, 1.807) is 0 Å². The average molecular weight is 320 g/mol. The second-order valence-electron chi connectivity index (χ2n) is 7.05. The molecule has 0 radical (unpaired) electrons. The molecule has 0 spiro atoms. The fraction of sp³-hybridized carbons (Fsp3) is 0.941. The van der Waals surface area contributed by atoms with E-state index >= 15 is 0 Å². The Hall–Kier alpha value is -1.01. The van der Waals surface area contributed by atoms with Crippen molar-refractivity contribution in [2.75, 3.05) is 32.7 Å². The number of hydrogen-bond acceptors (Lipinski definition) is 5. The van der Waals surface area contributed by atoms with Crippen LogP contribution < -0.4 is 0 Å². The first-order valence-electron chi connectivity index (χ1n) is 9.57. The fourth-order valence-electron chi connectivity index (χ4n) is 4.15. The number of hydrogen-bond donors (Lipinski definition) is 0. The second-order valence-corrected chi connectivity index (χ2v) is 7.05. The van der Waals surface area contributed by atoms with Crippen LogP contribution in [0.5, 0.6) is 0 Å². The zero-order valence-corrected chi connectivity index (χ0v) is 14.8. The molecule has 0 N–H and O–H groups in total. The minimum atomic E-state index is 0.385. The van der Waals surface area contributed by atoms with Crippen molar-refractivity contribution in [1.82, 2.24) is 30.0 Å². The average Bonchev–Trinajstić information content (AvgIpc) is 3.10. The Morgan fingerprint density at radius 3 is 2.43 bits per heavy atom. The van der Waals surface area contributed by atoms with Crippen molar-refractivity contribution in [3.63, 3.8) is 0 Å². The molecule has 0 amide bonds. The lowest BCUT2D eigenvalue weighted by atomic mass is 9.95. The minimum absolute atomic E-state index is 0.385. The Morgan fingerprint density at radius 2 is 1.78 bits per heavy atom. The molecule has 2 aliphatic rings. The van der Waals surface area contributed by atoms with Crippen molar-refractivity contribution in [1.29, 1.82) is 0 Å². The molecule has 0 aromatic carbocycles. The Balaban J connectivity index is 1.74. The Bertz CT molecular complexity index is 459. The second kappa shape index (κ2) is 8.20. The maximum Gasteiger partial charge on any atom is 0.168 e. The maximum atomic E-state index is 4.47. The third-order valence-electron chi connectivity index (χ3n) is 5.59. The third kappa shape index (κ3) is 3.91. The molecule has 1 unspecified atom stereocenters. The van der Waals surface area contributed by atoms with Gasteiger partial charge >= 0.3 is 0 Å². The number of rotatable bonds is 6. The number of aromatic nitrogens is 4. The van der Waals surface area contributed by atoms with Gasteiger partial charge in [-0.2, -0.15) is 0 Å². The topological polar surface area (TPSA) is 50.1 Å². The van der Waals surface area contributed by atoms with E-state index in [1.807, 2.05) is 0 Å². The highest BCUT2D eigenvalue weighted by atomic mass is 15.6. The summed E-state index contributed by atoms with van der Waals surface area (Å²) in [6.45, 7) is 10.3. The van der Waals surface area contributed by atoms with Crippen LogP contribution in [0.1, 0.15) is 76.7 Å². The van der Waals surface area contributed by atoms with Crippen molar-refractivity contribution in [2.45, 2.75) is 70.9 Å². The van der Waals surface area contributed by atoms with Crippen LogP contribution in [-0.2, 0) is 0 Å². The zero-order valence-electron chi connectivity index (χ0n) is 14.8. The first-order valence-corrected chi connectivity index (χ1v) is 9.57. The number of tetrazole rings is 1. The van der Waals surface area contributed by atoms with Gasteiger partial charge in [-0.1, -0.05) is 39.5 Å². The van der Waals surface area contributed by atoms with Crippen molar-refractivity contribution in [2.24, 2.45) is 0 Å². The Labute approximate surface area is 140 Å². The monoisotopic (exact) mass is 320 g/mol. The van der Waals surface area contributed by atoms with Gasteiger partial charge in [0, 0.05) is 26.2 Å². The molecule has 6 nitrogen and oxygen atoms in total. The van der Waals surface area contributed by atoms with E-state index in [1.165, 1.54) is 51.6 Å². The van der Waals surface area contributed by atoms with Gasteiger partial charge in [0.2, 0.25) is 0 Å². The van der Waals surface area contributed by atoms with Gasteiger partial charge in [-0.15, -0.1) is 5.10 Å². The SMILES string of the molecule is CCCC(c1nnnn1C1CCCCC1)N1CCN(CC)CC1. The molecule has 130 valence electrons. The first kappa shape index (κ1) is 16.8. The van der Waals surface area contributed by atoms with Gasteiger partial charge in [-0.05, 0) is 36.2 Å². The van der Waals surface area contributed by atoms with Gasteiger partial charge in [0.05, 0.1) is 12.1 Å². The number of likely N-dealkylation sites (N-methyl/N-ethyl adjacent to an activating group) is 1. The third-order valence-corrected chi connectivity index (χ3v) is 5.59. The van der Waals surface area contributed by atoms with Crippen LogP contribution in [0.15, 0.2) is 0 Å². The quantitative estimate of drug-likeness (QED) is 0.806. The molecule has 2 heterocycles. The largest absolute Gasteiger partial charge is 0.301 e. The van der Waals surface area contributed by atoms with Gasteiger partial charge in [0.15, 0.2) is 5.82 Å². The minimum Gasteiger partial charge on any atom is -0.301 e. The van der Waals surface area contributed by atoms with Gasteiger partial charge < -0.3 is 4.90 Å². The molecule has 1 atom stereocenters. The highest BCUT2D eigenvalue weighted by molar-refractivity contribution is 4.97. The van der Waals surface area contributed by atoms with Crippen molar-refractivity contribution in [3.05, 3.63) is 5.82 Å². The molecule has 0 bridgehead atoms. The summed E-state index contributed by atoms with van der Waals surface area (Å²) in [4.78, 5) is 5.14. The normalized spacial score (nSPS) is 23.2. The molecule has 3 rings (SSSR count). The Morgan fingerprint density at radius 1 is 1.04 bits per heavy atom. The lowest BCUT2D eigenvalue weighted by Crippen LogP contribution is -2.48. The lowest BCUT2D eigenvalue weighted by molar-refractivity contribution is 0.0870. The summed E-state index contributed by atoms with van der Waals surface area (Å²) in [6.07, 6.45) is 8.80. The summed E-state index contributed by atoms with van der Waals surface area (Å²) >= 11 is 0. The van der Waals surface area contributed by atoms with Crippen molar-refractivity contribution >= 4 is 0 Å². The maximum absolute atomic E-state index is 4.47. The fourth-order valence-corrected chi connectivity index (χ4v) is 4.15. The molecule has 1 saturated carbocycles. The van der Waals surface area contributed by atoms with Crippen molar-refractivity contribution in [3.8, 4) is 0 Å². The summed E-state index contributed by atoms with van der Waals surface area (Å²) in [6, 6.07) is 0.904. The predicted octanol–water partition coefficient (Wildman–Crippen LogP) is 2.66. The van der Waals surface area contributed by atoms with E-state index in [-0.39, 0.29) is 0 Å².